The van der Waals surface area contributed by atoms with E-state index in [1.807, 2.05) is 86.7 Å². The normalized spacial score (nSPS) is 10.9. The number of nitrogens with zero attached hydrogens (tertiary/aromatic N) is 4. The molecule has 172 valence electrons. The van der Waals surface area contributed by atoms with Crippen LogP contribution < -0.4 is 10.2 Å². The second kappa shape index (κ2) is 11.2. The van der Waals surface area contributed by atoms with Gasteiger partial charge in [0, 0.05) is 50.0 Å². The molecule has 0 atom stereocenters. The highest BCUT2D eigenvalue weighted by atomic mass is 35.5. The number of pyridine rings is 1. The maximum absolute atomic E-state index is 6.67. The molecule has 5 nitrogen and oxygen atoms in total. The molecule has 6 heteroatoms. The molecular weight excluding hydrogens is 442 g/mol. The number of aromatic nitrogens is 1. The first-order valence-electron chi connectivity index (χ1n) is 10.8. The third-order valence-electron chi connectivity index (χ3n) is 5.56. The van der Waals surface area contributed by atoms with Crippen LogP contribution in [0.2, 0.25) is 5.02 Å². The van der Waals surface area contributed by atoms with Crippen molar-refractivity contribution < 1.29 is 0 Å². The number of hydrogen-bond donors (Lipinski definition) is 1. The minimum atomic E-state index is 0.458. The number of nitrogens with one attached hydrogen (secondary N) is 1. The standard InChI is InChI=1S/C28H29ClN5/c1-7-11-26(33(5)19-22-12-9-10-15-32-22)21-16-24(29)28(31-4)27(17-21)34(6)23-14-13-20(8-2)25(18-23)30-3/h4,7-18,30H,1-2,19H2,3,5-6H3/q+1/b26-11-. The Morgan fingerprint density at radius 2 is 1.97 bits per heavy atom. The number of rotatable bonds is 9. The van der Waals surface area contributed by atoms with Gasteiger partial charge in [0.15, 0.2) is 0 Å². The van der Waals surface area contributed by atoms with E-state index in [9.17, 15) is 0 Å². The Kier molecular flexibility index (Phi) is 8.13. The molecule has 0 unspecified atom stereocenters. The van der Waals surface area contributed by atoms with Gasteiger partial charge in [-0.2, -0.15) is 0 Å². The van der Waals surface area contributed by atoms with Crippen molar-refractivity contribution in [1.29, 1.82) is 0 Å². The molecule has 0 saturated heterocycles. The van der Waals surface area contributed by atoms with E-state index < -0.39 is 0 Å². The summed E-state index contributed by atoms with van der Waals surface area (Å²) in [6.07, 6.45) is 7.32. The highest BCUT2D eigenvalue weighted by Gasteiger charge is 2.24. The molecule has 0 saturated carbocycles. The number of benzene rings is 2. The van der Waals surface area contributed by atoms with E-state index in [0.717, 1.165) is 39.6 Å². The summed E-state index contributed by atoms with van der Waals surface area (Å²) in [6, 6.07) is 15.9. The van der Waals surface area contributed by atoms with Crippen molar-refractivity contribution in [3.05, 3.63) is 107 Å². The zero-order chi connectivity index (χ0) is 24.7. The van der Waals surface area contributed by atoms with Gasteiger partial charge in [-0.3, -0.25) is 4.98 Å². The maximum Gasteiger partial charge on any atom is 0.381 e. The molecular formula is C28H29ClN5+. The van der Waals surface area contributed by atoms with E-state index in [0.29, 0.717) is 17.3 Å². The predicted octanol–water partition coefficient (Wildman–Crippen LogP) is 7.44. The average Bonchev–Trinajstić information content (AvgIpc) is 2.86. The van der Waals surface area contributed by atoms with Crippen molar-refractivity contribution in [3.63, 3.8) is 0 Å². The van der Waals surface area contributed by atoms with Crippen molar-refractivity contribution in [2.45, 2.75) is 6.54 Å². The van der Waals surface area contributed by atoms with Gasteiger partial charge in [0.25, 0.3) is 6.57 Å². The molecule has 0 amide bonds. The summed E-state index contributed by atoms with van der Waals surface area (Å²) in [5, 5.41) is 3.67. The fraction of sp³-hybridized carbons (Fsp3) is 0.143. The Bertz CT molecular complexity index is 1260. The van der Waals surface area contributed by atoms with Gasteiger partial charge in [-0.05, 0) is 52.9 Å². The highest BCUT2D eigenvalue weighted by Crippen LogP contribution is 2.42. The van der Waals surface area contributed by atoms with E-state index in [1.165, 1.54) is 0 Å². The minimum Gasteiger partial charge on any atom is -0.388 e. The summed E-state index contributed by atoms with van der Waals surface area (Å²) in [5.41, 5.74) is 7.03. The zero-order valence-corrected chi connectivity index (χ0v) is 20.5. The molecule has 1 heterocycles. The molecule has 34 heavy (non-hydrogen) atoms. The lowest BCUT2D eigenvalue weighted by Gasteiger charge is -2.25. The van der Waals surface area contributed by atoms with E-state index in [4.69, 9.17) is 18.2 Å². The summed E-state index contributed by atoms with van der Waals surface area (Å²) < 4.78 is 0. The van der Waals surface area contributed by atoms with Crippen LogP contribution in [0.1, 0.15) is 16.8 Å². The molecule has 1 aromatic heterocycles. The van der Waals surface area contributed by atoms with Crippen molar-refractivity contribution >= 4 is 46.1 Å². The average molecular weight is 471 g/mol. The lowest BCUT2D eigenvalue weighted by atomic mass is 10.1. The Morgan fingerprint density at radius 1 is 1.18 bits per heavy atom. The Labute approximate surface area is 207 Å². The zero-order valence-electron chi connectivity index (χ0n) is 19.8. The lowest BCUT2D eigenvalue weighted by molar-refractivity contribution is 0.468. The summed E-state index contributed by atoms with van der Waals surface area (Å²) in [5.74, 6) is 0. The first kappa shape index (κ1) is 24.6. The van der Waals surface area contributed by atoms with E-state index in [-0.39, 0.29) is 0 Å². The lowest BCUT2D eigenvalue weighted by Crippen LogP contribution is -2.18. The van der Waals surface area contributed by atoms with Crippen LogP contribution in [0.25, 0.3) is 16.6 Å². The Balaban J connectivity index is 2.08. The Morgan fingerprint density at radius 3 is 2.59 bits per heavy atom. The number of hydrogen-bond acceptors (Lipinski definition) is 4. The SMILES string of the molecule is C#[N+]c1c(Cl)cc(/C(=C/C=C)N(C)Cc2ccccn2)cc1N(C)c1ccc(C=C)c(NC)c1. The van der Waals surface area contributed by atoms with Gasteiger partial charge in [0.05, 0.1) is 12.2 Å². The molecule has 0 spiro atoms. The van der Waals surface area contributed by atoms with E-state index in [1.54, 1.807) is 12.3 Å². The van der Waals surface area contributed by atoms with Gasteiger partial charge in [0.1, 0.15) is 10.7 Å². The predicted molar refractivity (Wildman–Crippen MR) is 147 cm³/mol. The van der Waals surface area contributed by atoms with Gasteiger partial charge in [-0.15, -0.1) is 0 Å². The van der Waals surface area contributed by atoms with Gasteiger partial charge in [0.2, 0.25) is 0 Å². The highest BCUT2D eigenvalue weighted by molar-refractivity contribution is 6.34. The smallest absolute Gasteiger partial charge is 0.381 e. The van der Waals surface area contributed by atoms with Gasteiger partial charge in [-0.1, -0.05) is 49.0 Å². The maximum atomic E-state index is 6.67. The number of anilines is 3. The molecule has 3 rings (SSSR count). The summed E-state index contributed by atoms with van der Waals surface area (Å²) >= 11 is 6.67. The monoisotopic (exact) mass is 470 g/mol. The summed E-state index contributed by atoms with van der Waals surface area (Å²) in [7, 11) is 5.85. The quantitative estimate of drug-likeness (QED) is 0.329. The van der Waals surface area contributed by atoms with Crippen molar-refractivity contribution in [2.75, 3.05) is 31.4 Å². The number of allylic oxidation sites excluding steroid dienone is 2. The van der Waals surface area contributed by atoms with Gasteiger partial charge < -0.3 is 15.1 Å². The molecule has 0 aliphatic carbocycles. The summed E-state index contributed by atoms with van der Waals surface area (Å²) in [6.45, 7) is 14.2. The molecule has 0 radical (unpaired) electrons. The topological polar surface area (TPSA) is 35.8 Å². The van der Waals surface area contributed by atoms with E-state index >= 15 is 0 Å². The first-order valence-corrected chi connectivity index (χ1v) is 11.2. The van der Waals surface area contributed by atoms with Crippen LogP contribution in [0.15, 0.2) is 80.0 Å². The fourth-order valence-electron chi connectivity index (χ4n) is 3.78. The van der Waals surface area contributed by atoms with Crippen molar-refractivity contribution in [3.8, 4) is 6.57 Å². The van der Waals surface area contributed by atoms with Gasteiger partial charge >= 0.3 is 5.69 Å². The van der Waals surface area contributed by atoms with Crippen LogP contribution in [0, 0.1) is 6.57 Å². The third kappa shape index (κ3) is 5.31. The third-order valence-corrected chi connectivity index (χ3v) is 5.84. The molecule has 0 aliphatic heterocycles. The van der Waals surface area contributed by atoms with Crippen LogP contribution in [0.4, 0.5) is 22.7 Å². The Hall–Kier alpha value is -4.01. The van der Waals surface area contributed by atoms with E-state index in [2.05, 4.69) is 33.2 Å². The van der Waals surface area contributed by atoms with Crippen LogP contribution in [0.3, 0.4) is 0 Å². The summed E-state index contributed by atoms with van der Waals surface area (Å²) in [4.78, 5) is 12.5. The van der Waals surface area contributed by atoms with Crippen molar-refractivity contribution in [1.82, 2.24) is 9.88 Å². The van der Waals surface area contributed by atoms with Crippen LogP contribution in [0.5, 0.6) is 0 Å². The van der Waals surface area contributed by atoms with Gasteiger partial charge in [-0.25, -0.2) is 0 Å². The largest absolute Gasteiger partial charge is 0.388 e. The molecule has 0 bridgehead atoms. The van der Waals surface area contributed by atoms with Crippen LogP contribution in [-0.2, 0) is 6.54 Å². The minimum absolute atomic E-state index is 0.458. The molecule has 0 fully saturated rings. The second-order valence-corrected chi connectivity index (χ2v) is 8.11. The van der Waals surface area contributed by atoms with Crippen molar-refractivity contribution in [2.24, 2.45) is 0 Å². The second-order valence-electron chi connectivity index (χ2n) is 7.70. The first-order chi connectivity index (χ1) is 16.4. The van der Waals surface area contributed by atoms with Crippen LogP contribution >= 0.6 is 11.6 Å². The molecule has 1 N–H and O–H groups in total. The fourth-order valence-corrected chi connectivity index (χ4v) is 4.04. The molecule has 3 aromatic rings. The number of halogens is 1. The molecule has 2 aromatic carbocycles. The van der Waals surface area contributed by atoms with Crippen LogP contribution in [-0.4, -0.2) is 31.0 Å². The molecule has 0 aliphatic rings.